The van der Waals surface area contributed by atoms with Gasteiger partial charge in [0, 0.05) is 25.7 Å². The second-order valence-electron chi connectivity index (χ2n) is 3.92. The van der Waals surface area contributed by atoms with Crippen molar-refractivity contribution < 1.29 is 4.74 Å². The maximum absolute atomic E-state index is 5.67. The van der Waals surface area contributed by atoms with Gasteiger partial charge in [-0.25, -0.2) is 9.97 Å². The zero-order valence-electron chi connectivity index (χ0n) is 10.2. The number of morpholine rings is 1. The van der Waals surface area contributed by atoms with Gasteiger partial charge in [0.25, 0.3) is 0 Å². The first kappa shape index (κ1) is 12.6. The minimum Gasteiger partial charge on any atom is -0.373 e. The zero-order chi connectivity index (χ0) is 12.1. The summed E-state index contributed by atoms with van der Waals surface area (Å²) in [5.74, 6) is 0.994. The second kappa shape index (κ2) is 6.18. The predicted molar refractivity (Wildman–Crippen MR) is 69.7 cm³/mol. The van der Waals surface area contributed by atoms with Crippen LogP contribution in [0.4, 0.5) is 5.82 Å². The highest BCUT2D eigenvalue weighted by atomic mass is 32.2. The van der Waals surface area contributed by atoms with Gasteiger partial charge in [-0.3, -0.25) is 0 Å². The van der Waals surface area contributed by atoms with Crippen molar-refractivity contribution in [3.8, 4) is 0 Å². The molecule has 5 nitrogen and oxygen atoms in total. The van der Waals surface area contributed by atoms with Crippen LogP contribution in [-0.2, 0) is 4.74 Å². The Morgan fingerprint density at radius 3 is 3.24 bits per heavy atom. The van der Waals surface area contributed by atoms with Crippen molar-refractivity contribution in [3.63, 3.8) is 0 Å². The summed E-state index contributed by atoms with van der Waals surface area (Å²) >= 11 is 1.64. The molecule has 1 unspecified atom stereocenters. The van der Waals surface area contributed by atoms with Crippen molar-refractivity contribution in [2.75, 3.05) is 44.4 Å². The summed E-state index contributed by atoms with van der Waals surface area (Å²) in [7, 11) is 1.94. The third-order valence-corrected chi connectivity index (χ3v) is 3.37. The van der Waals surface area contributed by atoms with E-state index in [1.54, 1.807) is 18.1 Å². The minimum atomic E-state index is 0.237. The van der Waals surface area contributed by atoms with Crippen LogP contribution >= 0.6 is 11.8 Å². The number of thioether (sulfide) groups is 1. The van der Waals surface area contributed by atoms with E-state index in [1.165, 1.54) is 0 Å². The third-order valence-electron chi connectivity index (χ3n) is 2.73. The monoisotopic (exact) mass is 254 g/mol. The van der Waals surface area contributed by atoms with Crippen molar-refractivity contribution in [2.24, 2.45) is 0 Å². The van der Waals surface area contributed by atoms with Crippen LogP contribution in [0.5, 0.6) is 0 Å². The average molecular weight is 254 g/mol. The van der Waals surface area contributed by atoms with Crippen molar-refractivity contribution in [2.45, 2.75) is 11.1 Å². The quantitative estimate of drug-likeness (QED) is 0.628. The molecule has 0 aromatic carbocycles. The minimum absolute atomic E-state index is 0.237. The summed E-state index contributed by atoms with van der Waals surface area (Å²) in [6.45, 7) is 3.40. The highest BCUT2D eigenvalue weighted by Crippen LogP contribution is 2.19. The number of aromatic nitrogens is 2. The molecule has 1 atom stereocenters. The van der Waals surface area contributed by atoms with E-state index in [-0.39, 0.29) is 6.10 Å². The van der Waals surface area contributed by atoms with E-state index in [0.29, 0.717) is 0 Å². The lowest BCUT2D eigenvalue weighted by atomic mass is 10.2. The molecule has 0 spiro atoms. The highest BCUT2D eigenvalue weighted by Gasteiger charge is 2.21. The van der Waals surface area contributed by atoms with Crippen LogP contribution in [0.25, 0.3) is 0 Å². The predicted octanol–water partition coefficient (Wildman–Crippen LogP) is 0.623. The van der Waals surface area contributed by atoms with Gasteiger partial charge in [0.05, 0.1) is 12.7 Å². The maximum atomic E-state index is 5.67. The molecule has 0 saturated carbocycles. The lowest BCUT2D eigenvalue weighted by Crippen LogP contribution is -2.46. The van der Waals surface area contributed by atoms with Gasteiger partial charge >= 0.3 is 0 Å². The lowest BCUT2D eigenvalue weighted by molar-refractivity contribution is 0.0419. The summed E-state index contributed by atoms with van der Waals surface area (Å²) in [4.78, 5) is 10.8. The van der Waals surface area contributed by atoms with Crippen LogP contribution in [-0.4, -0.2) is 55.6 Å². The Balaban J connectivity index is 2.05. The molecule has 1 aliphatic heterocycles. The molecule has 1 aromatic rings. The molecule has 94 valence electrons. The van der Waals surface area contributed by atoms with Gasteiger partial charge in [-0.05, 0) is 13.3 Å². The maximum Gasteiger partial charge on any atom is 0.133 e. The van der Waals surface area contributed by atoms with Gasteiger partial charge in [-0.15, -0.1) is 11.8 Å². The standard InChI is InChI=1S/C11H18N4OS/c1-12-6-9-7-15(3-4-16-9)10-5-11(17-2)14-8-13-10/h5,8-9,12H,3-4,6-7H2,1-2H3. The molecule has 0 amide bonds. The van der Waals surface area contributed by atoms with Crippen molar-refractivity contribution >= 4 is 17.6 Å². The van der Waals surface area contributed by atoms with Gasteiger partial charge in [-0.2, -0.15) is 0 Å². The largest absolute Gasteiger partial charge is 0.373 e. The molecular formula is C11H18N4OS. The van der Waals surface area contributed by atoms with E-state index < -0.39 is 0 Å². The molecule has 2 rings (SSSR count). The number of nitrogens with one attached hydrogen (secondary N) is 1. The molecule has 1 saturated heterocycles. The first-order chi connectivity index (χ1) is 8.33. The molecule has 1 aromatic heterocycles. The van der Waals surface area contributed by atoms with Crippen LogP contribution in [0.1, 0.15) is 0 Å². The van der Waals surface area contributed by atoms with Gasteiger partial charge in [0.15, 0.2) is 0 Å². The fraction of sp³-hybridized carbons (Fsp3) is 0.636. The summed E-state index contributed by atoms with van der Waals surface area (Å²) in [6.07, 6.45) is 3.89. The highest BCUT2D eigenvalue weighted by molar-refractivity contribution is 7.98. The molecule has 2 heterocycles. The Kier molecular flexibility index (Phi) is 4.58. The molecular weight excluding hydrogens is 236 g/mol. The molecule has 1 aliphatic rings. The normalized spacial score (nSPS) is 20.6. The topological polar surface area (TPSA) is 50.3 Å². The lowest BCUT2D eigenvalue weighted by Gasteiger charge is -2.33. The number of anilines is 1. The smallest absolute Gasteiger partial charge is 0.133 e. The fourth-order valence-corrected chi connectivity index (χ4v) is 2.27. The Labute approximate surface area is 106 Å². The van der Waals surface area contributed by atoms with Crippen molar-refractivity contribution in [1.82, 2.24) is 15.3 Å². The van der Waals surface area contributed by atoms with E-state index in [4.69, 9.17) is 4.74 Å². The Morgan fingerprint density at radius 2 is 2.47 bits per heavy atom. The van der Waals surface area contributed by atoms with Crippen LogP contribution in [0.15, 0.2) is 17.4 Å². The number of hydrogen-bond acceptors (Lipinski definition) is 6. The van der Waals surface area contributed by atoms with E-state index >= 15 is 0 Å². The van der Waals surface area contributed by atoms with Crippen LogP contribution in [0.2, 0.25) is 0 Å². The number of likely N-dealkylation sites (N-methyl/N-ethyl adjacent to an activating group) is 1. The van der Waals surface area contributed by atoms with Crippen LogP contribution in [0, 0.1) is 0 Å². The number of ether oxygens (including phenoxy) is 1. The van der Waals surface area contributed by atoms with Gasteiger partial charge in [-0.1, -0.05) is 0 Å². The summed E-state index contributed by atoms with van der Waals surface area (Å²) < 4.78 is 5.67. The summed E-state index contributed by atoms with van der Waals surface area (Å²) in [6, 6.07) is 2.03. The number of rotatable bonds is 4. The van der Waals surface area contributed by atoms with Gasteiger partial charge in [0.1, 0.15) is 17.2 Å². The van der Waals surface area contributed by atoms with Crippen molar-refractivity contribution in [3.05, 3.63) is 12.4 Å². The molecule has 17 heavy (non-hydrogen) atoms. The van der Waals surface area contributed by atoms with E-state index in [9.17, 15) is 0 Å². The Morgan fingerprint density at radius 1 is 1.59 bits per heavy atom. The van der Waals surface area contributed by atoms with Gasteiger partial charge < -0.3 is 15.0 Å². The zero-order valence-corrected chi connectivity index (χ0v) is 11.0. The second-order valence-corrected chi connectivity index (χ2v) is 4.74. The first-order valence-electron chi connectivity index (χ1n) is 5.70. The fourth-order valence-electron chi connectivity index (χ4n) is 1.89. The van der Waals surface area contributed by atoms with Crippen LogP contribution in [0.3, 0.4) is 0 Å². The first-order valence-corrected chi connectivity index (χ1v) is 6.93. The third kappa shape index (κ3) is 3.31. The Hall–Kier alpha value is -0.850. The van der Waals surface area contributed by atoms with Crippen molar-refractivity contribution in [1.29, 1.82) is 0 Å². The van der Waals surface area contributed by atoms with E-state index in [1.807, 2.05) is 19.4 Å². The average Bonchev–Trinajstić information content (AvgIpc) is 2.40. The molecule has 0 bridgehead atoms. The molecule has 1 fully saturated rings. The van der Waals surface area contributed by atoms with Crippen LogP contribution < -0.4 is 10.2 Å². The number of nitrogens with zero attached hydrogens (tertiary/aromatic N) is 3. The van der Waals surface area contributed by atoms with E-state index in [0.717, 1.165) is 37.1 Å². The summed E-state index contributed by atoms with van der Waals surface area (Å²) in [5.41, 5.74) is 0. The summed E-state index contributed by atoms with van der Waals surface area (Å²) in [5, 5.41) is 4.15. The molecule has 6 heteroatoms. The van der Waals surface area contributed by atoms with Gasteiger partial charge in [0.2, 0.25) is 0 Å². The molecule has 0 aliphatic carbocycles. The number of hydrogen-bond donors (Lipinski definition) is 1. The Bertz CT molecular complexity index is 361. The molecule has 1 N–H and O–H groups in total. The van der Waals surface area contributed by atoms with E-state index in [2.05, 4.69) is 20.2 Å². The SMILES string of the molecule is CNCC1CN(c2cc(SC)ncn2)CCO1. The molecule has 0 radical (unpaired) electrons.